The molecule has 1 saturated carbocycles. The van der Waals surface area contributed by atoms with Crippen LogP contribution in [0.4, 0.5) is 0 Å². The maximum Gasteiger partial charge on any atom is 0.236 e. The Balaban J connectivity index is 2.05. The first-order chi connectivity index (χ1) is 8.74. The van der Waals surface area contributed by atoms with Gasteiger partial charge >= 0.3 is 0 Å². The number of rotatable bonds is 7. The first-order valence-corrected chi connectivity index (χ1v) is 7.39. The molecule has 1 amide bonds. The number of ether oxygens (including phenoxy) is 1. The van der Waals surface area contributed by atoms with E-state index in [0.29, 0.717) is 19.3 Å². The Hall–Kier alpha value is -0.610. The van der Waals surface area contributed by atoms with E-state index in [1.807, 2.05) is 6.92 Å². The molecule has 4 heteroatoms. The summed E-state index contributed by atoms with van der Waals surface area (Å²) in [6, 6.07) is -0.368. The van der Waals surface area contributed by atoms with Crippen LogP contribution in [0, 0.1) is 0 Å². The summed E-state index contributed by atoms with van der Waals surface area (Å²) in [6.07, 6.45) is 9.64. The van der Waals surface area contributed by atoms with E-state index in [1.54, 1.807) is 0 Å². The van der Waals surface area contributed by atoms with E-state index in [-0.39, 0.29) is 11.9 Å². The molecule has 0 bridgehead atoms. The third-order valence-electron chi connectivity index (χ3n) is 3.49. The van der Waals surface area contributed by atoms with Crippen molar-refractivity contribution in [2.75, 3.05) is 13.2 Å². The molecule has 0 aromatic rings. The standard InChI is InChI=1S/C14H28N2O2/c1-2-7-13(15)14(17)16-10-11-18-12-8-5-3-4-6-9-12/h12-13H,2-11,15H2,1H3,(H,16,17). The van der Waals surface area contributed by atoms with Crippen LogP contribution in [0.2, 0.25) is 0 Å². The zero-order valence-corrected chi connectivity index (χ0v) is 11.6. The normalized spacial score (nSPS) is 19.2. The van der Waals surface area contributed by atoms with Gasteiger partial charge in [-0.3, -0.25) is 4.79 Å². The number of carbonyl (C=O) groups excluding carboxylic acids is 1. The number of carbonyl (C=O) groups is 1. The van der Waals surface area contributed by atoms with Crippen LogP contribution in [0.3, 0.4) is 0 Å². The summed E-state index contributed by atoms with van der Waals surface area (Å²) < 4.78 is 5.80. The minimum absolute atomic E-state index is 0.0543. The molecule has 0 heterocycles. The molecule has 1 atom stereocenters. The van der Waals surface area contributed by atoms with Crippen molar-refractivity contribution in [2.24, 2.45) is 5.73 Å². The fourth-order valence-electron chi connectivity index (χ4n) is 2.38. The summed E-state index contributed by atoms with van der Waals surface area (Å²) in [5, 5.41) is 2.83. The lowest BCUT2D eigenvalue weighted by molar-refractivity contribution is -0.122. The van der Waals surface area contributed by atoms with Crippen LogP contribution in [0.15, 0.2) is 0 Å². The quantitative estimate of drug-likeness (QED) is 0.540. The number of nitrogens with one attached hydrogen (secondary N) is 1. The molecule has 1 fully saturated rings. The number of hydrogen-bond donors (Lipinski definition) is 2. The summed E-state index contributed by atoms with van der Waals surface area (Å²) in [7, 11) is 0. The van der Waals surface area contributed by atoms with Gasteiger partial charge in [-0.25, -0.2) is 0 Å². The van der Waals surface area contributed by atoms with Crippen molar-refractivity contribution in [3.05, 3.63) is 0 Å². The zero-order valence-electron chi connectivity index (χ0n) is 11.6. The minimum atomic E-state index is -0.368. The van der Waals surface area contributed by atoms with Crippen LogP contribution >= 0.6 is 0 Å². The summed E-state index contributed by atoms with van der Waals surface area (Å²) in [4.78, 5) is 11.5. The lowest BCUT2D eigenvalue weighted by Crippen LogP contribution is -2.41. The van der Waals surface area contributed by atoms with Gasteiger partial charge in [0.15, 0.2) is 0 Å². The van der Waals surface area contributed by atoms with Crippen molar-refractivity contribution < 1.29 is 9.53 Å². The van der Waals surface area contributed by atoms with Gasteiger partial charge in [0.2, 0.25) is 5.91 Å². The molecule has 0 radical (unpaired) electrons. The summed E-state index contributed by atoms with van der Waals surface area (Å²) in [5.74, 6) is -0.0543. The van der Waals surface area contributed by atoms with Gasteiger partial charge in [-0.15, -0.1) is 0 Å². The molecule has 1 rings (SSSR count). The van der Waals surface area contributed by atoms with Crippen molar-refractivity contribution in [1.82, 2.24) is 5.32 Å². The van der Waals surface area contributed by atoms with Crippen LogP contribution in [0.5, 0.6) is 0 Å². The fourth-order valence-corrected chi connectivity index (χ4v) is 2.38. The fraction of sp³-hybridized carbons (Fsp3) is 0.929. The smallest absolute Gasteiger partial charge is 0.236 e. The Bertz CT molecular complexity index is 226. The van der Waals surface area contributed by atoms with Gasteiger partial charge in [-0.05, 0) is 19.3 Å². The highest BCUT2D eigenvalue weighted by molar-refractivity contribution is 5.81. The lowest BCUT2D eigenvalue weighted by atomic mass is 10.1. The SMILES string of the molecule is CCCC(N)C(=O)NCCOC1CCCCCC1. The van der Waals surface area contributed by atoms with Gasteiger partial charge in [0.25, 0.3) is 0 Å². The molecule has 0 spiro atoms. The molecule has 1 unspecified atom stereocenters. The van der Waals surface area contributed by atoms with Crippen molar-refractivity contribution in [3.8, 4) is 0 Å². The Morgan fingerprint density at radius 3 is 2.61 bits per heavy atom. The van der Waals surface area contributed by atoms with E-state index in [0.717, 1.165) is 12.8 Å². The maximum absolute atomic E-state index is 11.5. The first-order valence-electron chi connectivity index (χ1n) is 7.39. The highest BCUT2D eigenvalue weighted by atomic mass is 16.5. The topological polar surface area (TPSA) is 64.4 Å². The second-order valence-corrected chi connectivity index (χ2v) is 5.17. The van der Waals surface area contributed by atoms with Gasteiger partial charge in [-0.2, -0.15) is 0 Å². The van der Waals surface area contributed by atoms with Gasteiger partial charge in [0.1, 0.15) is 0 Å². The van der Waals surface area contributed by atoms with Crippen LogP contribution in [0.25, 0.3) is 0 Å². The van der Waals surface area contributed by atoms with E-state index < -0.39 is 0 Å². The Labute approximate surface area is 111 Å². The molecular formula is C14H28N2O2. The molecule has 106 valence electrons. The van der Waals surface area contributed by atoms with Gasteiger partial charge in [-0.1, -0.05) is 39.0 Å². The maximum atomic E-state index is 11.5. The lowest BCUT2D eigenvalue weighted by Gasteiger charge is -2.16. The highest BCUT2D eigenvalue weighted by Crippen LogP contribution is 2.19. The molecule has 0 aromatic carbocycles. The average molecular weight is 256 g/mol. The second-order valence-electron chi connectivity index (χ2n) is 5.17. The summed E-state index contributed by atoms with van der Waals surface area (Å²) in [6.45, 7) is 3.21. The molecule has 0 aliphatic heterocycles. The van der Waals surface area contributed by atoms with Crippen LogP contribution in [-0.2, 0) is 9.53 Å². The van der Waals surface area contributed by atoms with Crippen LogP contribution in [0.1, 0.15) is 58.3 Å². The highest BCUT2D eigenvalue weighted by Gasteiger charge is 2.13. The van der Waals surface area contributed by atoms with E-state index in [2.05, 4.69) is 5.32 Å². The van der Waals surface area contributed by atoms with Crippen molar-refractivity contribution in [1.29, 1.82) is 0 Å². The third kappa shape index (κ3) is 6.36. The Morgan fingerprint density at radius 2 is 2.00 bits per heavy atom. The Kier molecular flexibility index (Phi) is 8.01. The zero-order chi connectivity index (χ0) is 13.2. The Morgan fingerprint density at radius 1 is 1.33 bits per heavy atom. The molecule has 4 nitrogen and oxygen atoms in total. The number of amides is 1. The molecule has 0 saturated heterocycles. The van der Waals surface area contributed by atoms with E-state index in [1.165, 1.54) is 38.5 Å². The van der Waals surface area contributed by atoms with E-state index in [4.69, 9.17) is 10.5 Å². The molecule has 0 aromatic heterocycles. The first kappa shape index (κ1) is 15.4. The largest absolute Gasteiger partial charge is 0.376 e. The molecule has 1 aliphatic carbocycles. The molecule has 1 aliphatic rings. The van der Waals surface area contributed by atoms with E-state index in [9.17, 15) is 4.79 Å². The van der Waals surface area contributed by atoms with Gasteiger partial charge in [0, 0.05) is 6.54 Å². The molecule has 3 N–H and O–H groups in total. The van der Waals surface area contributed by atoms with Gasteiger partial charge < -0.3 is 15.8 Å². The van der Waals surface area contributed by atoms with Gasteiger partial charge in [0.05, 0.1) is 18.8 Å². The van der Waals surface area contributed by atoms with Crippen LogP contribution < -0.4 is 11.1 Å². The average Bonchev–Trinajstić information content (AvgIpc) is 2.63. The minimum Gasteiger partial charge on any atom is -0.376 e. The predicted molar refractivity (Wildman–Crippen MR) is 73.3 cm³/mol. The van der Waals surface area contributed by atoms with Crippen molar-refractivity contribution >= 4 is 5.91 Å². The molecular weight excluding hydrogens is 228 g/mol. The summed E-state index contributed by atoms with van der Waals surface area (Å²) in [5.41, 5.74) is 5.72. The monoisotopic (exact) mass is 256 g/mol. The summed E-state index contributed by atoms with van der Waals surface area (Å²) >= 11 is 0. The third-order valence-corrected chi connectivity index (χ3v) is 3.49. The number of hydrogen-bond acceptors (Lipinski definition) is 3. The number of nitrogens with two attached hydrogens (primary N) is 1. The van der Waals surface area contributed by atoms with Crippen molar-refractivity contribution in [2.45, 2.75) is 70.4 Å². The molecule has 18 heavy (non-hydrogen) atoms. The van der Waals surface area contributed by atoms with Crippen LogP contribution in [-0.4, -0.2) is 31.2 Å². The second kappa shape index (κ2) is 9.34. The van der Waals surface area contributed by atoms with Crippen molar-refractivity contribution in [3.63, 3.8) is 0 Å². The predicted octanol–water partition coefficient (Wildman–Crippen LogP) is 1.97. The van der Waals surface area contributed by atoms with E-state index >= 15 is 0 Å².